The molecular formula is C20H18N2O7. The smallest absolute Gasteiger partial charge is 0.354 e. The van der Waals surface area contributed by atoms with Gasteiger partial charge in [-0.3, -0.25) is 4.79 Å². The lowest BCUT2D eigenvalue weighted by Crippen LogP contribution is -2.19. The largest absolute Gasteiger partial charge is 0.466 e. The fourth-order valence-corrected chi connectivity index (χ4v) is 2.54. The van der Waals surface area contributed by atoms with Crippen LogP contribution in [0.3, 0.4) is 0 Å². The average molecular weight is 398 g/mol. The molecule has 0 unspecified atom stereocenters. The lowest BCUT2D eigenvalue weighted by Gasteiger charge is -2.13. The zero-order valence-electron chi connectivity index (χ0n) is 15.7. The predicted molar refractivity (Wildman–Crippen MR) is 103 cm³/mol. The van der Waals surface area contributed by atoms with Crippen LogP contribution in [0, 0.1) is 0 Å². The number of anilines is 2. The van der Waals surface area contributed by atoms with E-state index >= 15 is 0 Å². The SMILES string of the molecule is COC(=O)/C=C(/Nc1ccccc1C(=O)Nc1ccc2c(c1)OCO2)C(=O)OC. The van der Waals surface area contributed by atoms with Crippen LogP contribution in [0.2, 0.25) is 0 Å². The minimum Gasteiger partial charge on any atom is -0.466 e. The molecule has 0 fully saturated rings. The standard InChI is InChI=1S/C20H18N2O7/c1-26-18(23)10-15(20(25)27-2)22-14-6-4-3-5-13(14)19(24)21-12-7-8-16-17(9-12)29-11-28-16/h3-10,22H,11H2,1-2H3,(H,21,24)/b15-10+. The zero-order chi connectivity index (χ0) is 20.8. The van der Waals surface area contributed by atoms with Crippen molar-refractivity contribution in [1.29, 1.82) is 0 Å². The number of fused-ring (bicyclic) bond motifs is 1. The number of hydrogen-bond donors (Lipinski definition) is 2. The zero-order valence-corrected chi connectivity index (χ0v) is 15.7. The molecule has 3 rings (SSSR count). The summed E-state index contributed by atoms with van der Waals surface area (Å²) in [6, 6.07) is 11.5. The van der Waals surface area contributed by atoms with Crippen LogP contribution in [-0.2, 0) is 19.1 Å². The van der Waals surface area contributed by atoms with Crippen molar-refractivity contribution in [1.82, 2.24) is 0 Å². The molecule has 0 bridgehead atoms. The monoisotopic (exact) mass is 398 g/mol. The van der Waals surface area contributed by atoms with Crippen LogP contribution in [0.15, 0.2) is 54.2 Å². The summed E-state index contributed by atoms with van der Waals surface area (Å²) in [6.07, 6.45) is 0.943. The van der Waals surface area contributed by atoms with Gasteiger partial charge in [-0.05, 0) is 24.3 Å². The Balaban J connectivity index is 1.84. The Morgan fingerprint density at radius 3 is 2.48 bits per heavy atom. The molecule has 0 saturated carbocycles. The Kier molecular flexibility index (Phi) is 5.98. The highest BCUT2D eigenvalue weighted by Gasteiger charge is 2.18. The molecule has 0 aliphatic carbocycles. The van der Waals surface area contributed by atoms with Gasteiger partial charge in [0.25, 0.3) is 5.91 Å². The summed E-state index contributed by atoms with van der Waals surface area (Å²) in [5.41, 5.74) is 0.867. The van der Waals surface area contributed by atoms with Gasteiger partial charge in [0.1, 0.15) is 5.70 Å². The van der Waals surface area contributed by atoms with Crippen molar-refractivity contribution in [2.75, 3.05) is 31.6 Å². The van der Waals surface area contributed by atoms with E-state index in [4.69, 9.17) is 9.47 Å². The molecule has 2 aromatic carbocycles. The number of esters is 2. The molecule has 0 aromatic heterocycles. The molecular weight excluding hydrogens is 380 g/mol. The Bertz CT molecular complexity index is 985. The number of para-hydroxylation sites is 1. The maximum atomic E-state index is 12.8. The van der Waals surface area contributed by atoms with Crippen molar-refractivity contribution < 1.29 is 33.3 Å². The van der Waals surface area contributed by atoms with Crippen molar-refractivity contribution in [3.05, 3.63) is 59.8 Å². The highest BCUT2D eigenvalue weighted by molar-refractivity contribution is 6.09. The normalized spacial score (nSPS) is 12.1. The fourth-order valence-electron chi connectivity index (χ4n) is 2.54. The second-order valence-electron chi connectivity index (χ2n) is 5.77. The second kappa shape index (κ2) is 8.79. The first-order valence-corrected chi connectivity index (χ1v) is 8.47. The van der Waals surface area contributed by atoms with Gasteiger partial charge in [0.15, 0.2) is 11.5 Å². The lowest BCUT2D eigenvalue weighted by molar-refractivity contribution is -0.138. The number of nitrogens with one attached hydrogen (secondary N) is 2. The van der Waals surface area contributed by atoms with Crippen LogP contribution in [0.4, 0.5) is 11.4 Å². The van der Waals surface area contributed by atoms with Gasteiger partial charge in [-0.2, -0.15) is 0 Å². The Morgan fingerprint density at radius 1 is 0.966 bits per heavy atom. The van der Waals surface area contributed by atoms with Gasteiger partial charge in [0.05, 0.1) is 31.5 Å². The summed E-state index contributed by atoms with van der Waals surface area (Å²) >= 11 is 0. The molecule has 9 heteroatoms. The average Bonchev–Trinajstić information content (AvgIpc) is 3.20. The summed E-state index contributed by atoms with van der Waals surface area (Å²) in [4.78, 5) is 36.3. The van der Waals surface area contributed by atoms with Gasteiger partial charge < -0.3 is 29.6 Å². The lowest BCUT2D eigenvalue weighted by atomic mass is 10.1. The van der Waals surface area contributed by atoms with E-state index in [2.05, 4.69) is 20.1 Å². The molecule has 0 atom stereocenters. The van der Waals surface area contributed by atoms with E-state index in [0.29, 0.717) is 22.9 Å². The summed E-state index contributed by atoms with van der Waals surface area (Å²) in [5.74, 6) is -0.847. The fraction of sp³-hybridized carbons (Fsp3) is 0.150. The molecule has 0 spiro atoms. The maximum Gasteiger partial charge on any atom is 0.354 e. The molecule has 2 N–H and O–H groups in total. The molecule has 29 heavy (non-hydrogen) atoms. The van der Waals surface area contributed by atoms with Gasteiger partial charge in [-0.1, -0.05) is 12.1 Å². The van der Waals surface area contributed by atoms with Gasteiger partial charge >= 0.3 is 11.9 Å². The number of rotatable bonds is 6. The molecule has 1 aliphatic heterocycles. The van der Waals surface area contributed by atoms with Gasteiger partial charge in [0.2, 0.25) is 6.79 Å². The van der Waals surface area contributed by atoms with Crippen LogP contribution < -0.4 is 20.1 Å². The van der Waals surface area contributed by atoms with Gasteiger partial charge in [-0.15, -0.1) is 0 Å². The third-order valence-electron chi connectivity index (χ3n) is 3.94. The Labute approximate surface area is 166 Å². The molecule has 0 saturated heterocycles. The van der Waals surface area contributed by atoms with Crippen molar-refractivity contribution in [3.8, 4) is 11.5 Å². The van der Waals surface area contributed by atoms with E-state index in [1.807, 2.05) is 0 Å². The van der Waals surface area contributed by atoms with Crippen LogP contribution in [0.5, 0.6) is 11.5 Å². The number of benzene rings is 2. The number of carbonyl (C=O) groups is 3. The Hall–Kier alpha value is -4.01. The molecule has 1 aliphatic rings. The van der Waals surface area contributed by atoms with Crippen molar-refractivity contribution in [2.45, 2.75) is 0 Å². The summed E-state index contributed by atoms with van der Waals surface area (Å²) in [7, 11) is 2.36. The van der Waals surface area contributed by atoms with Crippen molar-refractivity contribution in [2.24, 2.45) is 0 Å². The van der Waals surface area contributed by atoms with E-state index in [1.165, 1.54) is 14.2 Å². The van der Waals surface area contributed by atoms with Crippen LogP contribution in [-0.4, -0.2) is 38.9 Å². The van der Waals surface area contributed by atoms with E-state index < -0.39 is 17.8 Å². The van der Waals surface area contributed by atoms with Gasteiger partial charge in [0, 0.05) is 11.8 Å². The Morgan fingerprint density at radius 2 is 1.72 bits per heavy atom. The minimum atomic E-state index is -0.790. The van der Waals surface area contributed by atoms with Crippen molar-refractivity contribution in [3.63, 3.8) is 0 Å². The number of ether oxygens (including phenoxy) is 4. The number of amides is 1. The van der Waals surface area contributed by atoms with E-state index in [9.17, 15) is 14.4 Å². The summed E-state index contributed by atoms with van der Waals surface area (Å²) < 4.78 is 19.8. The van der Waals surface area contributed by atoms with Crippen molar-refractivity contribution >= 4 is 29.2 Å². The molecule has 0 radical (unpaired) electrons. The topological polar surface area (TPSA) is 112 Å². The molecule has 150 valence electrons. The predicted octanol–water partition coefficient (Wildman–Crippen LogP) is 2.31. The first kappa shape index (κ1) is 19.7. The van der Waals surface area contributed by atoms with Crippen LogP contribution >= 0.6 is 0 Å². The first-order valence-electron chi connectivity index (χ1n) is 8.47. The third kappa shape index (κ3) is 4.64. The molecule has 1 amide bonds. The van der Waals surface area contributed by atoms with E-state index in [1.54, 1.807) is 42.5 Å². The third-order valence-corrected chi connectivity index (χ3v) is 3.94. The maximum absolute atomic E-state index is 12.8. The highest BCUT2D eigenvalue weighted by atomic mass is 16.7. The van der Waals surface area contributed by atoms with Crippen LogP contribution in [0.1, 0.15) is 10.4 Å². The number of methoxy groups -OCH3 is 2. The van der Waals surface area contributed by atoms with E-state index in [-0.39, 0.29) is 18.1 Å². The quantitative estimate of drug-likeness (QED) is 0.563. The van der Waals surface area contributed by atoms with Gasteiger partial charge in [-0.25, -0.2) is 9.59 Å². The minimum absolute atomic E-state index is 0.127. The molecule has 1 heterocycles. The first-order chi connectivity index (χ1) is 14.0. The van der Waals surface area contributed by atoms with Crippen LogP contribution in [0.25, 0.3) is 0 Å². The summed E-state index contributed by atoms with van der Waals surface area (Å²) in [5, 5.41) is 5.51. The summed E-state index contributed by atoms with van der Waals surface area (Å²) in [6.45, 7) is 0.127. The molecule has 9 nitrogen and oxygen atoms in total. The van der Waals surface area contributed by atoms with E-state index in [0.717, 1.165) is 6.08 Å². The number of hydrogen-bond acceptors (Lipinski definition) is 8. The number of carbonyl (C=O) groups excluding carboxylic acids is 3. The highest BCUT2D eigenvalue weighted by Crippen LogP contribution is 2.34. The molecule has 2 aromatic rings. The second-order valence-corrected chi connectivity index (χ2v) is 5.77.